The lowest BCUT2D eigenvalue weighted by Crippen LogP contribution is -2.06. The molecule has 8 heteroatoms. The minimum atomic E-state index is -0.231. The molecule has 0 unspecified atom stereocenters. The van der Waals surface area contributed by atoms with Crippen molar-refractivity contribution in [1.29, 1.82) is 0 Å². The predicted octanol–water partition coefficient (Wildman–Crippen LogP) is 2.87. The molecule has 1 heterocycles. The van der Waals surface area contributed by atoms with E-state index < -0.39 is 0 Å². The summed E-state index contributed by atoms with van der Waals surface area (Å²) in [7, 11) is 0. The van der Waals surface area contributed by atoms with Crippen LogP contribution in [0.4, 0.5) is 9.52 Å². The zero-order valence-electron chi connectivity index (χ0n) is 11.4. The number of aryl methyl sites for hydroxylation is 1. The highest BCUT2D eigenvalue weighted by Gasteiger charge is 2.05. The number of anilines is 1. The van der Waals surface area contributed by atoms with Gasteiger partial charge in [-0.2, -0.15) is 0 Å². The normalized spacial score (nSPS) is 10.6. The summed E-state index contributed by atoms with van der Waals surface area (Å²) in [6.07, 6.45) is 1.71. The Morgan fingerprint density at radius 1 is 1.33 bits per heavy atom. The van der Waals surface area contributed by atoms with E-state index in [-0.39, 0.29) is 11.7 Å². The predicted molar refractivity (Wildman–Crippen MR) is 82.8 cm³/mol. The lowest BCUT2D eigenvalue weighted by Gasteiger charge is -2.02. The number of carbonyl (C=O) groups is 1. The first-order valence-corrected chi connectivity index (χ1v) is 8.02. The highest BCUT2D eigenvalue weighted by Crippen LogP contribution is 2.17. The lowest BCUT2D eigenvalue weighted by molar-refractivity contribution is -0.114. The molecule has 0 atom stereocenters. The number of halogens is 1. The van der Waals surface area contributed by atoms with E-state index in [1.54, 1.807) is 12.1 Å². The van der Waals surface area contributed by atoms with Crippen molar-refractivity contribution in [2.75, 3.05) is 11.9 Å². The first-order valence-electron chi connectivity index (χ1n) is 6.39. The van der Waals surface area contributed by atoms with E-state index in [0.29, 0.717) is 5.13 Å². The Bertz CT molecular complexity index is 588. The molecule has 1 amide bonds. The zero-order valence-corrected chi connectivity index (χ0v) is 13.1. The smallest absolute Gasteiger partial charge is 0.223 e. The molecule has 2 rings (SSSR count). The molecule has 1 aromatic heterocycles. The molecular formula is C13H15FN4OS2. The Kier molecular flexibility index (Phi) is 6.09. The molecule has 112 valence electrons. The van der Waals surface area contributed by atoms with Gasteiger partial charge in [0.1, 0.15) is 10.8 Å². The van der Waals surface area contributed by atoms with E-state index in [9.17, 15) is 9.18 Å². The van der Waals surface area contributed by atoms with Crippen molar-refractivity contribution in [3.63, 3.8) is 0 Å². The standard InChI is InChI=1S/C13H15FN4OS2/c1-9(19)16-13-18-17-12(20-13)3-2-8-15-21-11-6-4-10(14)5-7-11/h4-7,15H,2-3,8H2,1H3,(H,16,18,19). The zero-order chi connectivity index (χ0) is 15.1. The maximum absolute atomic E-state index is 12.7. The molecule has 0 spiro atoms. The number of benzene rings is 1. The number of rotatable bonds is 7. The van der Waals surface area contributed by atoms with Crippen molar-refractivity contribution in [3.05, 3.63) is 35.1 Å². The monoisotopic (exact) mass is 326 g/mol. The second kappa shape index (κ2) is 8.06. The SMILES string of the molecule is CC(=O)Nc1nnc(CCCNSc2ccc(F)cc2)s1. The average molecular weight is 326 g/mol. The Morgan fingerprint density at radius 2 is 2.10 bits per heavy atom. The van der Waals surface area contributed by atoms with E-state index in [0.717, 1.165) is 29.3 Å². The maximum atomic E-state index is 12.7. The second-order valence-electron chi connectivity index (χ2n) is 4.24. The average Bonchev–Trinajstić information content (AvgIpc) is 2.87. The summed E-state index contributed by atoms with van der Waals surface area (Å²) in [4.78, 5) is 11.8. The number of aromatic nitrogens is 2. The van der Waals surface area contributed by atoms with Gasteiger partial charge in [0.15, 0.2) is 0 Å². The van der Waals surface area contributed by atoms with Crippen molar-refractivity contribution in [1.82, 2.24) is 14.9 Å². The van der Waals surface area contributed by atoms with Gasteiger partial charge in [-0.05, 0) is 42.6 Å². The van der Waals surface area contributed by atoms with Gasteiger partial charge >= 0.3 is 0 Å². The second-order valence-corrected chi connectivity index (χ2v) is 6.26. The van der Waals surface area contributed by atoms with Gasteiger partial charge in [-0.25, -0.2) is 4.39 Å². The van der Waals surface area contributed by atoms with E-state index in [2.05, 4.69) is 20.2 Å². The first kappa shape index (κ1) is 15.9. The highest BCUT2D eigenvalue weighted by molar-refractivity contribution is 7.97. The molecule has 0 saturated carbocycles. The van der Waals surface area contributed by atoms with Crippen LogP contribution >= 0.6 is 23.3 Å². The Hall–Kier alpha value is -1.51. The third kappa shape index (κ3) is 5.78. The number of nitrogens with zero attached hydrogens (tertiary/aromatic N) is 2. The summed E-state index contributed by atoms with van der Waals surface area (Å²) in [5, 5.41) is 11.9. The summed E-state index contributed by atoms with van der Waals surface area (Å²) in [5.41, 5.74) is 0. The third-order valence-electron chi connectivity index (χ3n) is 2.42. The van der Waals surface area contributed by atoms with Gasteiger partial charge in [0.25, 0.3) is 0 Å². The molecule has 2 N–H and O–H groups in total. The summed E-state index contributed by atoms with van der Waals surface area (Å²) in [6.45, 7) is 2.24. The van der Waals surface area contributed by atoms with Crippen LogP contribution in [-0.2, 0) is 11.2 Å². The molecule has 2 aromatic rings. The van der Waals surface area contributed by atoms with E-state index in [4.69, 9.17) is 0 Å². The molecule has 0 aliphatic heterocycles. The summed E-state index contributed by atoms with van der Waals surface area (Å²) in [6, 6.07) is 6.35. The van der Waals surface area contributed by atoms with E-state index >= 15 is 0 Å². The summed E-state index contributed by atoms with van der Waals surface area (Å²) >= 11 is 2.86. The fourth-order valence-electron chi connectivity index (χ4n) is 1.50. The van der Waals surface area contributed by atoms with Gasteiger partial charge in [-0.1, -0.05) is 11.3 Å². The number of hydrogen-bond donors (Lipinski definition) is 2. The summed E-state index contributed by atoms with van der Waals surface area (Å²) < 4.78 is 15.9. The maximum Gasteiger partial charge on any atom is 0.223 e. The van der Waals surface area contributed by atoms with Crippen LogP contribution < -0.4 is 10.0 Å². The van der Waals surface area contributed by atoms with Crippen LogP contribution in [0.5, 0.6) is 0 Å². The van der Waals surface area contributed by atoms with Gasteiger partial charge in [-0.15, -0.1) is 10.2 Å². The molecule has 0 radical (unpaired) electrons. The van der Waals surface area contributed by atoms with Gasteiger partial charge in [0.2, 0.25) is 11.0 Å². The largest absolute Gasteiger partial charge is 0.301 e. The first-order chi connectivity index (χ1) is 10.1. The van der Waals surface area contributed by atoms with Crippen molar-refractivity contribution < 1.29 is 9.18 Å². The molecule has 0 bridgehead atoms. The fourth-order valence-corrected chi connectivity index (χ4v) is 3.02. The fraction of sp³-hybridized carbons (Fsp3) is 0.308. The lowest BCUT2D eigenvalue weighted by atomic mass is 10.3. The molecule has 5 nitrogen and oxygen atoms in total. The van der Waals surface area contributed by atoms with Crippen molar-refractivity contribution in [2.45, 2.75) is 24.7 Å². The van der Waals surface area contributed by atoms with Crippen LogP contribution in [0.3, 0.4) is 0 Å². The minimum absolute atomic E-state index is 0.143. The van der Waals surface area contributed by atoms with Crippen LogP contribution in [0.15, 0.2) is 29.2 Å². The van der Waals surface area contributed by atoms with Crippen LogP contribution in [0.2, 0.25) is 0 Å². The summed E-state index contributed by atoms with van der Waals surface area (Å²) in [5.74, 6) is -0.374. The van der Waals surface area contributed by atoms with Crippen LogP contribution in [0.25, 0.3) is 0 Å². The van der Waals surface area contributed by atoms with Gasteiger partial charge in [0, 0.05) is 24.8 Å². The van der Waals surface area contributed by atoms with Crippen LogP contribution in [0, 0.1) is 5.82 Å². The Morgan fingerprint density at radius 3 is 2.81 bits per heavy atom. The molecule has 0 saturated heterocycles. The van der Waals surface area contributed by atoms with Crippen LogP contribution in [-0.4, -0.2) is 22.6 Å². The number of carbonyl (C=O) groups excluding carboxylic acids is 1. The van der Waals surface area contributed by atoms with E-state index in [1.807, 2.05) is 0 Å². The number of amides is 1. The van der Waals surface area contributed by atoms with Crippen molar-refractivity contribution >= 4 is 34.3 Å². The Labute approximate surface area is 130 Å². The number of hydrogen-bond acceptors (Lipinski definition) is 6. The molecule has 0 fully saturated rings. The van der Waals surface area contributed by atoms with Crippen molar-refractivity contribution in [3.8, 4) is 0 Å². The molecule has 1 aromatic carbocycles. The molecule has 0 aliphatic rings. The molecule has 21 heavy (non-hydrogen) atoms. The highest BCUT2D eigenvalue weighted by atomic mass is 32.2. The topological polar surface area (TPSA) is 66.9 Å². The molecule has 0 aliphatic carbocycles. The van der Waals surface area contributed by atoms with E-state index in [1.165, 1.54) is 42.3 Å². The Balaban J connectivity index is 1.64. The number of nitrogens with one attached hydrogen (secondary N) is 2. The van der Waals surface area contributed by atoms with Crippen LogP contribution in [0.1, 0.15) is 18.4 Å². The molecular weight excluding hydrogens is 311 g/mol. The van der Waals surface area contributed by atoms with Crippen molar-refractivity contribution in [2.24, 2.45) is 0 Å². The van der Waals surface area contributed by atoms with Gasteiger partial charge in [0.05, 0.1) is 0 Å². The quantitative estimate of drug-likeness (QED) is 0.605. The third-order valence-corrected chi connectivity index (χ3v) is 4.18. The minimum Gasteiger partial charge on any atom is -0.301 e. The van der Waals surface area contributed by atoms with Gasteiger partial charge < -0.3 is 5.32 Å². The van der Waals surface area contributed by atoms with Gasteiger partial charge in [-0.3, -0.25) is 9.52 Å².